The number of methoxy groups -OCH3 is 1. The van der Waals surface area contributed by atoms with Crippen molar-refractivity contribution in [1.82, 2.24) is 0 Å². The predicted octanol–water partition coefficient (Wildman–Crippen LogP) is 5.48. The fourth-order valence-corrected chi connectivity index (χ4v) is 4.75. The van der Waals surface area contributed by atoms with E-state index in [0.29, 0.717) is 19.8 Å². The van der Waals surface area contributed by atoms with Gasteiger partial charge in [0, 0.05) is 18.4 Å². The molecule has 2 rings (SSSR count). The molecule has 0 N–H and O–H groups in total. The standard InChI is InChI=1S/C25H42O5Si/c1-18(15-28-16-20-10-12-22(27-7)13-11-20)23-25(6,30-23)19(2)21(14-26)17-29-31(8,9)24(3,4)5/h10-14,18-19,21,23H,15-17H2,1-9H3/t18-,19-,21+,23+,25-/m0/s1. The minimum absolute atomic E-state index is 0.0869. The smallest absolute Gasteiger partial charge is 0.192 e. The highest BCUT2D eigenvalue weighted by atomic mass is 28.4. The van der Waals surface area contributed by atoms with Gasteiger partial charge in [-0.05, 0) is 48.7 Å². The quantitative estimate of drug-likeness (QED) is 0.240. The average molecular weight is 451 g/mol. The topological polar surface area (TPSA) is 57.3 Å². The van der Waals surface area contributed by atoms with Crippen molar-refractivity contribution < 1.29 is 23.4 Å². The first-order valence-corrected chi connectivity index (χ1v) is 14.2. The van der Waals surface area contributed by atoms with Crippen LogP contribution in [0.5, 0.6) is 5.75 Å². The Bertz CT molecular complexity index is 712. The van der Waals surface area contributed by atoms with E-state index < -0.39 is 8.32 Å². The van der Waals surface area contributed by atoms with E-state index in [4.69, 9.17) is 18.6 Å². The molecule has 0 aromatic heterocycles. The Hall–Kier alpha value is -1.21. The lowest BCUT2D eigenvalue weighted by atomic mass is 9.80. The van der Waals surface area contributed by atoms with Crippen molar-refractivity contribution in [1.29, 1.82) is 0 Å². The summed E-state index contributed by atoms with van der Waals surface area (Å²) in [6, 6.07) is 7.91. The normalized spacial score (nSPS) is 24.4. The lowest BCUT2D eigenvalue weighted by Gasteiger charge is -2.37. The van der Waals surface area contributed by atoms with Crippen LogP contribution in [0.3, 0.4) is 0 Å². The van der Waals surface area contributed by atoms with E-state index >= 15 is 0 Å². The molecule has 1 aromatic carbocycles. The van der Waals surface area contributed by atoms with E-state index in [1.54, 1.807) is 7.11 Å². The summed E-state index contributed by atoms with van der Waals surface area (Å²) in [6.07, 6.45) is 1.14. The monoisotopic (exact) mass is 450 g/mol. The first-order chi connectivity index (χ1) is 14.4. The summed E-state index contributed by atoms with van der Waals surface area (Å²) in [7, 11) is -0.229. The zero-order valence-electron chi connectivity index (χ0n) is 20.9. The Morgan fingerprint density at radius 3 is 2.29 bits per heavy atom. The van der Waals surface area contributed by atoms with E-state index in [1.807, 2.05) is 24.3 Å². The maximum Gasteiger partial charge on any atom is 0.192 e. The summed E-state index contributed by atoms with van der Waals surface area (Å²) in [5.74, 6) is 1.01. The van der Waals surface area contributed by atoms with E-state index in [-0.39, 0.29) is 34.5 Å². The highest BCUT2D eigenvalue weighted by Gasteiger charge is 2.59. The van der Waals surface area contributed by atoms with Crippen LogP contribution in [0.2, 0.25) is 18.1 Å². The van der Waals surface area contributed by atoms with Gasteiger partial charge in [0.05, 0.1) is 32.0 Å². The Kier molecular flexibility index (Phi) is 8.53. The Morgan fingerprint density at radius 2 is 1.77 bits per heavy atom. The van der Waals surface area contributed by atoms with Crippen LogP contribution in [0.4, 0.5) is 0 Å². The van der Waals surface area contributed by atoms with E-state index in [0.717, 1.165) is 17.6 Å². The van der Waals surface area contributed by atoms with Gasteiger partial charge in [0.1, 0.15) is 12.0 Å². The molecule has 5 nitrogen and oxygen atoms in total. The number of hydrogen-bond donors (Lipinski definition) is 0. The van der Waals surface area contributed by atoms with Crippen LogP contribution in [0.15, 0.2) is 24.3 Å². The lowest BCUT2D eigenvalue weighted by molar-refractivity contribution is -0.114. The number of rotatable bonds is 12. The summed E-state index contributed by atoms with van der Waals surface area (Å²) in [6.45, 7) is 19.1. The van der Waals surface area contributed by atoms with Gasteiger partial charge >= 0.3 is 0 Å². The minimum atomic E-state index is -1.89. The second-order valence-corrected chi connectivity index (χ2v) is 15.5. The summed E-state index contributed by atoms with van der Waals surface area (Å²) in [5.41, 5.74) is 0.801. The van der Waals surface area contributed by atoms with Crippen molar-refractivity contribution in [2.75, 3.05) is 20.3 Å². The zero-order valence-corrected chi connectivity index (χ0v) is 21.9. The molecule has 0 bridgehead atoms. The van der Waals surface area contributed by atoms with Crippen molar-refractivity contribution in [2.24, 2.45) is 17.8 Å². The van der Waals surface area contributed by atoms with Gasteiger partial charge in [-0.2, -0.15) is 0 Å². The number of benzene rings is 1. The lowest BCUT2D eigenvalue weighted by Crippen LogP contribution is -2.43. The SMILES string of the molecule is COc1ccc(COC[C@H](C)[C@H]2O[C@@]2(C)[C@@H](C)[C@H](C=O)CO[Si](C)(C)C(C)(C)C)cc1. The van der Waals surface area contributed by atoms with E-state index in [1.165, 1.54) is 0 Å². The van der Waals surface area contributed by atoms with Crippen LogP contribution in [0.1, 0.15) is 47.1 Å². The summed E-state index contributed by atoms with van der Waals surface area (Å²) >= 11 is 0. The molecule has 176 valence electrons. The second kappa shape index (κ2) is 10.2. The molecule has 1 heterocycles. The van der Waals surface area contributed by atoms with Crippen LogP contribution >= 0.6 is 0 Å². The van der Waals surface area contributed by atoms with Gasteiger partial charge in [0.2, 0.25) is 0 Å². The molecule has 0 radical (unpaired) electrons. The third-order valence-electron chi connectivity index (χ3n) is 7.38. The molecule has 0 saturated carbocycles. The Labute approximate surface area is 189 Å². The van der Waals surface area contributed by atoms with Gasteiger partial charge < -0.3 is 23.4 Å². The van der Waals surface area contributed by atoms with Crippen molar-refractivity contribution in [3.05, 3.63) is 29.8 Å². The molecule has 31 heavy (non-hydrogen) atoms. The molecule has 6 heteroatoms. The van der Waals surface area contributed by atoms with Crippen molar-refractivity contribution in [3.8, 4) is 5.75 Å². The largest absolute Gasteiger partial charge is 0.497 e. The van der Waals surface area contributed by atoms with Gasteiger partial charge in [0.25, 0.3) is 0 Å². The highest BCUT2D eigenvalue weighted by molar-refractivity contribution is 6.74. The number of epoxide rings is 1. The van der Waals surface area contributed by atoms with Gasteiger partial charge in [-0.25, -0.2) is 0 Å². The maximum atomic E-state index is 11.9. The van der Waals surface area contributed by atoms with Gasteiger partial charge in [-0.3, -0.25) is 0 Å². The van der Waals surface area contributed by atoms with Crippen molar-refractivity contribution in [2.45, 2.75) is 78.0 Å². The molecule has 0 aliphatic carbocycles. The van der Waals surface area contributed by atoms with Crippen LogP contribution in [0, 0.1) is 17.8 Å². The molecule has 0 amide bonds. The van der Waals surface area contributed by atoms with Gasteiger partial charge in [-0.15, -0.1) is 0 Å². The molecule has 1 aliphatic rings. The molecular weight excluding hydrogens is 408 g/mol. The fraction of sp³-hybridized carbons (Fsp3) is 0.720. The summed E-state index contributed by atoms with van der Waals surface area (Å²) in [5, 5.41) is 0.127. The van der Waals surface area contributed by atoms with Crippen LogP contribution in [-0.4, -0.2) is 46.6 Å². The van der Waals surface area contributed by atoms with Crippen LogP contribution in [-0.2, 0) is 25.3 Å². The van der Waals surface area contributed by atoms with Gasteiger partial charge in [0.15, 0.2) is 8.32 Å². The first-order valence-electron chi connectivity index (χ1n) is 11.3. The molecular formula is C25H42O5Si. The molecule has 0 unspecified atom stereocenters. The fourth-order valence-electron chi connectivity index (χ4n) is 3.71. The van der Waals surface area contributed by atoms with Crippen LogP contribution < -0.4 is 4.74 Å². The number of hydrogen-bond acceptors (Lipinski definition) is 5. The third-order valence-corrected chi connectivity index (χ3v) is 11.9. The Balaban J connectivity index is 1.85. The molecule has 5 atom stereocenters. The zero-order chi connectivity index (χ0) is 23.4. The highest BCUT2D eigenvalue weighted by Crippen LogP contribution is 2.49. The van der Waals surface area contributed by atoms with Crippen molar-refractivity contribution in [3.63, 3.8) is 0 Å². The molecule has 1 aromatic rings. The number of aldehydes is 1. The molecule has 1 fully saturated rings. The van der Waals surface area contributed by atoms with E-state index in [9.17, 15) is 4.79 Å². The number of carbonyl (C=O) groups excluding carboxylic acids is 1. The number of carbonyl (C=O) groups is 1. The minimum Gasteiger partial charge on any atom is -0.497 e. The predicted molar refractivity (Wildman–Crippen MR) is 127 cm³/mol. The molecule has 1 saturated heterocycles. The van der Waals surface area contributed by atoms with Crippen LogP contribution in [0.25, 0.3) is 0 Å². The summed E-state index contributed by atoms with van der Waals surface area (Å²) < 4.78 is 23.6. The maximum absolute atomic E-state index is 11.9. The third kappa shape index (κ3) is 6.41. The summed E-state index contributed by atoms with van der Waals surface area (Å²) in [4.78, 5) is 11.9. The number of ether oxygens (including phenoxy) is 3. The first kappa shape index (κ1) is 26.0. The second-order valence-electron chi connectivity index (χ2n) is 10.7. The van der Waals surface area contributed by atoms with Gasteiger partial charge in [-0.1, -0.05) is 46.8 Å². The van der Waals surface area contributed by atoms with E-state index in [2.05, 4.69) is 54.6 Å². The Morgan fingerprint density at radius 1 is 1.16 bits per heavy atom. The van der Waals surface area contributed by atoms with Crippen molar-refractivity contribution >= 4 is 14.6 Å². The molecule has 0 spiro atoms. The average Bonchev–Trinajstić information content (AvgIpc) is 3.41. The molecule has 1 aliphatic heterocycles.